The van der Waals surface area contributed by atoms with Crippen molar-refractivity contribution in [2.75, 3.05) is 59.5 Å². The van der Waals surface area contributed by atoms with E-state index in [0.29, 0.717) is 19.1 Å². The van der Waals surface area contributed by atoms with Crippen LogP contribution in [-0.2, 0) is 6.54 Å². The molecule has 0 bridgehead atoms. The standard InChI is InChI=1S/C21H37N5O/c1-5-25-11-13-26(14-12-25)17-18(3)15-23-21(22-4)24-16-19-9-7-8-10-20(19)27-6-2/h7-10,18H,5-6,11-17H2,1-4H3,(H2,22,23,24). The Balaban J connectivity index is 1.72. The van der Waals surface area contributed by atoms with Gasteiger partial charge in [0, 0.05) is 58.4 Å². The summed E-state index contributed by atoms with van der Waals surface area (Å²) in [6, 6.07) is 8.14. The van der Waals surface area contributed by atoms with E-state index in [1.54, 1.807) is 0 Å². The van der Waals surface area contributed by atoms with Gasteiger partial charge in [-0.25, -0.2) is 0 Å². The molecule has 1 unspecified atom stereocenters. The maximum atomic E-state index is 5.69. The Morgan fingerprint density at radius 2 is 1.81 bits per heavy atom. The van der Waals surface area contributed by atoms with Gasteiger partial charge in [0.15, 0.2) is 5.96 Å². The fourth-order valence-electron chi connectivity index (χ4n) is 3.41. The van der Waals surface area contributed by atoms with Crippen LogP contribution in [0.3, 0.4) is 0 Å². The molecule has 27 heavy (non-hydrogen) atoms. The summed E-state index contributed by atoms with van der Waals surface area (Å²) in [6.07, 6.45) is 0. The zero-order valence-corrected chi connectivity index (χ0v) is 17.5. The Kier molecular flexibility index (Phi) is 9.42. The second-order valence-corrected chi connectivity index (χ2v) is 7.19. The lowest BCUT2D eigenvalue weighted by atomic mass is 10.1. The Labute approximate surface area is 165 Å². The minimum absolute atomic E-state index is 0.576. The number of para-hydroxylation sites is 1. The molecule has 1 aromatic rings. The number of nitrogens with zero attached hydrogens (tertiary/aromatic N) is 3. The predicted molar refractivity (Wildman–Crippen MR) is 114 cm³/mol. The van der Waals surface area contributed by atoms with Crippen LogP contribution in [0.5, 0.6) is 5.75 Å². The first kappa shape index (κ1) is 21.5. The number of rotatable bonds is 9. The van der Waals surface area contributed by atoms with Crippen molar-refractivity contribution in [2.45, 2.75) is 27.3 Å². The third-order valence-corrected chi connectivity index (χ3v) is 5.04. The molecule has 1 aliphatic heterocycles. The smallest absolute Gasteiger partial charge is 0.191 e. The third-order valence-electron chi connectivity index (χ3n) is 5.04. The van der Waals surface area contributed by atoms with Gasteiger partial charge >= 0.3 is 0 Å². The number of likely N-dealkylation sites (N-methyl/N-ethyl adjacent to an activating group) is 1. The number of nitrogens with one attached hydrogen (secondary N) is 2. The molecule has 0 aliphatic carbocycles. The Morgan fingerprint density at radius 1 is 1.11 bits per heavy atom. The second-order valence-electron chi connectivity index (χ2n) is 7.19. The molecule has 6 heteroatoms. The number of ether oxygens (including phenoxy) is 1. The summed E-state index contributed by atoms with van der Waals surface area (Å²) >= 11 is 0. The van der Waals surface area contributed by atoms with Gasteiger partial charge in [-0.15, -0.1) is 0 Å². The van der Waals surface area contributed by atoms with Gasteiger partial charge in [0.05, 0.1) is 6.61 Å². The topological polar surface area (TPSA) is 52.1 Å². The number of hydrogen-bond acceptors (Lipinski definition) is 4. The van der Waals surface area contributed by atoms with Crippen molar-refractivity contribution in [3.63, 3.8) is 0 Å². The fourth-order valence-corrected chi connectivity index (χ4v) is 3.41. The van der Waals surface area contributed by atoms with Crippen LogP contribution in [0, 0.1) is 5.92 Å². The van der Waals surface area contributed by atoms with E-state index in [1.807, 2.05) is 32.2 Å². The molecule has 1 atom stereocenters. The van der Waals surface area contributed by atoms with Crippen LogP contribution < -0.4 is 15.4 Å². The van der Waals surface area contributed by atoms with Gasteiger partial charge in [-0.3, -0.25) is 4.99 Å². The maximum absolute atomic E-state index is 5.69. The molecule has 2 N–H and O–H groups in total. The Hall–Kier alpha value is -1.79. The fraction of sp³-hybridized carbons (Fsp3) is 0.667. The van der Waals surface area contributed by atoms with Gasteiger partial charge in [0.25, 0.3) is 0 Å². The van der Waals surface area contributed by atoms with E-state index < -0.39 is 0 Å². The third kappa shape index (κ3) is 7.39. The molecule has 152 valence electrons. The first-order valence-electron chi connectivity index (χ1n) is 10.3. The highest BCUT2D eigenvalue weighted by Gasteiger charge is 2.17. The molecular formula is C21H37N5O. The van der Waals surface area contributed by atoms with E-state index >= 15 is 0 Å². The van der Waals surface area contributed by atoms with E-state index in [1.165, 1.54) is 32.7 Å². The van der Waals surface area contributed by atoms with E-state index in [-0.39, 0.29) is 0 Å². The van der Waals surface area contributed by atoms with Crippen LogP contribution in [0.1, 0.15) is 26.3 Å². The van der Waals surface area contributed by atoms with Gasteiger partial charge in [-0.2, -0.15) is 0 Å². The van der Waals surface area contributed by atoms with Crippen LogP contribution in [0.15, 0.2) is 29.3 Å². The maximum Gasteiger partial charge on any atom is 0.191 e. The van der Waals surface area contributed by atoms with E-state index in [0.717, 1.165) is 30.4 Å². The lowest BCUT2D eigenvalue weighted by Gasteiger charge is -2.35. The summed E-state index contributed by atoms with van der Waals surface area (Å²) in [5.74, 6) is 2.35. The van der Waals surface area contributed by atoms with E-state index in [9.17, 15) is 0 Å². The minimum atomic E-state index is 0.576. The second kappa shape index (κ2) is 11.8. The SMILES string of the molecule is CCOc1ccccc1CNC(=NC)NCC(C)CN1CCN(CC)CC1. The van der Waals surface area contributed by atoms with E-state index in [2.05, 4.69) is 45.3 Å². The zero-order chi connectivity index (χ0) is 19.5. The molecule has 0 radical (unpaired) electrons. The summed E-state index contributed by atoms with van der Waals surface area (Å²) in [4.78, 5) is 9.45. The number of guanidine groups is 1. The van der Waals surface area contributed by atoms with Gasteiger partial charge in [0.2, 0.25) is 0 Å². The van der Waals surface area contributed by atoms with Crippen molar-refractivity contribution < 1.29 is 4.74 Å². The molecule has 6 nitrogen and oxygen atoms in total. The van der Waals surface area contributed by atoms with Gasteiger partial charge in [-0.1, -0.05) is 32.0 Å². The van der Waals surface area contributed by atoms with Crippen molar-refractivity contribution in [2.24, 2.45) is 10.9 Å². The average molecular weight is 376 g/mol. The van der Waals surface area contributed by atoms with E-state index in [4.69, 9.17) is 4.74 Å². The Bertz CT molecular complexity index is 569. The van der Waals surface area contributed by atoms with Crippen LogP contribution in [-0.4, -0.2) is 75.2 Å². The molecule has 2 rings (SSSR count). The van der Waals surface area contributed by atoms with Crippen molar-refractivity contribution in [1.29, 1.82) is 0 Å². The zero-order valence-electron chi connectivity index (χ0n) is 17.5. The summed E-state index contributed by atoms with van der Waals surface area (Å²) in [5.41, 5.74) is 1.14. The lowest BCUT2D eigenvalue weighted by molar-refractivity contribution is 0.124. The number of benzene rings is 1. The first-order valence-corrected chi connectivity index (χ1v) is 10.3. The molecule has 1 aliphatic rings. The molecule has 1 aromatic carbocycles. The number of hydrogen-bond donors (Lipinski definition) is 2. The molecule has 1 fully saturated rings. The van der Waals surface area contributed by atoms with Crippen LogP contribution >= 0.6 is 0 Å². The normalized spacial score (nSPS) is 17.6. The predicted octanol–water partition coefficient (Wildman–Crippen LogP) is 2.02. The monoisotopic (exact) mass is 375 g/mol. The van der Waals surface area contributed by atoms with Gasteiger partial charge < -0.3 is 25.2 Å². The molecule has 0 amide bonds. The summed E-state index contributed by atoms with van der Waals surface area (Å²) in [7, 11) is 1.82. The highest BCUT2D eigenvalue weighted by atomic mass is 16.5. The quantitative estimate of drug-likeness (QED) is 0.511. The molecule has 1 saturated heterocycles. The molecule has 0 saturated carbocycles. The van der Waals surface area contributed by atoms with Crippen LogP contribution in [0.25, 0.3) is 0 Å². The van der Waals surface area contributed by atoms with Crippen molar-refractivity contribution in [1.82, 2.24) is 20.4 Å². The Morgan fingerprint density at radius 3 is 2.48 bits per heavy atom. The highest BCUT2D eigenvalue weighted by molar-refractivity contribution is 5.79. The highest BCUT2D eigenvalue weighted by Crippen LogP contribution is 2.17. The summed E-state index contributed by atoms with van der Waals surface area (Å²) < 4.78 is 5.69. The molecule has 0 spiro atoms. The largest absolute Gasteiger partial charge is 0.494 e. The molecular weight excluding hydrogens is 338 g/mol. The van der Waals surface area contributed by atoms with Gasteiger partial charge in [0.1, 0.15) is 5.75 Å². The lowest BCUT2D eigenvalue weighted by Crippen LogP contribution is -2.48. The van der Waals surface area contributed by atoms with Crippen LogP contribution in [0.4, 0.5) is 0 Å². The first-order chi connectivity index (χ1) is 13.2. The van der Waals surface area contributed by atoms with Crippen molar-refractivity contribution in [3.05, 3.63) is 29.8 Å². The molecule has 0 aromatic heterocycles. The molecule has 1 heterocycles. The number of aliphatic imine (C=N–C) groups is 1. The van der Waals surface area contributed by atoms with Crippen molar-refractivity contribution in [3.8, 4) is 5.75 Å². The van der Waals surface area contributed by atoms with Crippen LogP contribution in [0.2, 0.25) is 0 Å². The van der Waals surface area contributed by atoms with Gasteiger partial charge in [-0.05, 0) is 25.5 Å². The van der Waals surface area contributed by atoms with Crippen molar-refractivity contribution >= 4 is 5.96 Å². The average Bonchev–Trinajstić information content (AvgIpc) is 2.70. The summed E-state index contributed by atoms with van der Waals surface area (Å²) in [6.45, 7) is 15.9. The number of piperazine rings is 1. The minimum Gasteiger partial charge on any atom is -0.494 e. The summed E-state index contributed by atoms with van der Waals surface area (Å²) in [5, 5.41) is 6.86.